The summed E-state index contributed by atoms with van der Waals surface area (Å²) in [6, 6.07) is 6.33. The third-order valence-electron chi connectivity index (χ3n) is 3.36. The van der Waals surface area contributed by atoms with E-state index in [2.05, 4.69) is 0 Å². The maximum atomic E-state index is 13.1. The van der Waals surface area contributed by atoms with E-state index in [1.807, 2.05) is 6.07 Å². The van der Waals surface area contributed by atoms with Gasteiger partial charge in [-0.2, -0.15) is 0 Å². The molecule has 0 heterocycles. The van der Waals surface area contributed by atoms with Crippen LogP contribution < -0.4 is 0 Å². The number of benzene rings is 1. The lowest BCUT2D eigenvalue weighted by Crippen LogP contribution is -2.25. The van der Waals surface area contributed by atoms with Crippen LogP contribution in [0, 0.1) is 11.7 Å². The van der Waals surface area contributed by atoms with Crippen LogP contribution in [-0.4, -0.2) is 11.1 Å². The predicted octanol–water partition coefficient (Wildman–Crippen LogP) is 3.18. The Balaban J connectivity index is 2.26. The van der Waals surface area contributed by atoms with Crippen LogP contribution in [0.3, 0.4) is 0 Å². The summed E-state index contributed by atoms with van der Waals surface area (Å²) in [5, 5.41) is 9.15. The molecule has 16 heavy (non-hydrogen) atoms. The zero-order valence-electron chi connectivity index (χ0n) is 9.03. The number of carboxylic acids is 1. The normalized spacial score (nSPS) is 25.3. The lowest BCUT2D eigenvalue weighted by molar-refractivity contribution is -0.143. The van der Waals surface area contributed by atoms with Crippen molar-refractivity contribution in [1.82, 2.24) is 0 Å². The Kier molecular flexibility index (Phi) is 3.22. The van der Waals surface area contributed by atoms with Crippen molar-refractivity contribution in [3.8, 4) is 0 Å². The van der Waals surface area contributed by atoms with Gasteiger partial charge >= 0.3 is 5.97 Å². The highest BCUT2D eigenvalue weighted by Crippen LogP contribution is 2.37. The Bertz CT molecular complexity index is 389. The maximum Gasteiger partial charge on any atom is 0.307 e. The van der Waals surface area contributed by atoms with Crippen LogP contribution in [0.2, 0.25) is 0 Å². The van der Waals surface area contributed by atoms with E-state index in [1.54, 1.807) is 6.07 Å². The molecule has 3 heteroatoms. The Hall–Kier alpha value is -1.38. The molecule has 2 atom stereocenters. The van der Waals surface area contributed by atoms with Crippen LogP contribution in [-0.2, 0) is 4.79 Å². The first-order valence-corrected chi connectivity index (χ1v) is 5.67. The smallest absolute Gasteiger partial charge is 0.307 e. The number of carbonyl (C=O) groups is 1. The van der Waals surface area contributed by atoms with Crippen LogP contribution in [0.1, 0.15) is 37.2 Å². The maximum absolute atomic E-state index is 13.1. The van der Waals surface area contributed by atoms with Crippen LogP contribution >= 0.6 is 0 Å². The van der Waals surface area contributed by atoms with Gasteiger partial charge in [0, 0.05) is 0 Å². The fourth-order valence-corrected chi connectivity index (χ4v) is 2.56. The van der Waals surface area contributed by atoms with Crippen molar-refractivity contribution in [2.75, 3.05) is 0 Å². The highest BCUT2D eigenvalue weighted by Gasteiger charge is 2.31. The van der Waals surface area contributed by atoms with Gasteiger partial charge in [-0.3, -0.25) is 4.79 Å². The van der Waals surface area contributed by atoms with Gasteiger partial charge in [0.15, 0.2) is 0 Å². The van der Waals surface area contributed by atoms with Gasteiger partial charge in [0.05, 0.1) is 5.92 Å². The molecule has 0 aliphatic heterocycles. The van der Waals surface area contributed by atoms with E-state index in [-0.39, 0.29) is 17.7 Å². The Labute approximate surface area is 94.1 Å². The third-order valence-corrected chi connectivity index (χ3v) is 3.36. The predicted molar refractivity (Wildman–Crippen MR) is 58.7 cm³/mol. The van der Waals surface area contributed by atoms with E-state index in [0.717, 1.165) is 24.8 Å². The van der Waals surface area contributed by atoms with Crippen LogP contribution in [0.4, 0.5) is 4.39 Å². The van der Waals surface area contributed by atoms with Crippen molar-refractivity contribution in [2.45, 2.75) is 31.6 Å². The Morgan fingerprint density at radius 3 is 2.75 bits per heavy atom. The lowest BCUT2D eigenvalue weighted by atomic mass is 9.75. The van der Waals surface area contributed by atoms with Crippen LogP contribution in [0.15, 0.2) is 24.3 Å². The summed E-state index contributed by atoms with van der Waals surface area (Å²) in [6.07, 6.45) is 3.55. The summed E-state index contributed by atoms with van der Waals surface area (Å²) >= 11 is 0. The molecule has 1 aliphatic carbocycles. The molecule has 1 saturated carbocycles. The van der Waals surface area contributed by atoms with Crippen molar-refractivity contribution in [1.29, 1.82) is 0 Å². The molecular weight excluding hydrogens is 207 g/mol. The second kappa shape index (κ2) is 4.64. The first kappa shape index (κ1) is 11.1. The second-order valence-corrected chi connectivity index (χ2v) is 4.39. The zero-order valence-corrected chi connectivity index (χ0v) is 9.03. The Morgan fingerprint density at radius 1 is 1.31 bits per heavy atom. The largest absolute Gasteiger partial charge is 0.481 e. The van der Waals surface area contributed by atoms with Crippen molar-refractivity contribution >= 4 is 5.97 Å². The molecule has 2 unspecified atom stereocenters. The fourth-order valence-electron chi connectivity index (χ4n) is 2.56. The summed E-state index contributed by atoms with van der Waals surface area (Å²) in [5.74, 6) is -1.42. The first-order chi connectivity index (χ1) is 7.68. The number of carboxylic acid groups (broad SMARTS) is 1. The van der Waals surface area contributed by atoms with Gasteiger partial charge in [-0.05, 0) is 36.5 Å². The number of rotatable bonds is 2. The molecule has 2 rings (SSSR count). The van der Waals surface area contributed by atoms with Crippen molar-refractivity contribution in [3.63, 3.8) is 0 Å². The van der Waals surface area contributed by atoms with E-state index < -0.39 is 5.97 Å². The minimum absolute atomic E-state index is 0.0260. The average molecular weight is 222 g/mol. The van der Waals surface area contributed by atoms with Crippen molar-refractivity contribution in [3.05, 3.63) is 35.6 Å². The van der Waals surface area contributed by atoms with Gasteiger partial charge in [-0.15, -0.1) is 0 Å². The van der Waals surface area contributed by atoms with Crippen molar-refractivity contribution in [2.24, 2.45) is 5.92 Å². The second-order valence-electron chi connectivity index (χ2n) is 4.39. The van der Waals surface area contributed by atoms with Gasteiger partial charge < -0.3 is 5.11 Å². The molecule has 0 spiro atoms. The minimum Gasteiger partial charge on any atom is -0.481 e. The van der Waals surface area contributed by atoms with Gasteiger partial charge in [0.2, 0.25) is 0 Å². The van der Waals surface area contributed by atoms with E-state index in [4.69, 9.17) is 5.11 Å². The Morgan fingerprint density at radius 2 is 2.06 bits per heavy atom. The van der Waals surface area contributed by atoms with Crippen molar-refractivity contribution < 1.29 is 14.3 Å². The summed E-state index contributed by atoms with van der Waals surface area (Å²) in [7, 11) is 0. The number of aliphatic carboxylic acids is 1. The van der Waals surface area contributed by atoms with E-state index in [9.17, 15) is 9.18 Å². The molecule has 2 nitrogen and oxygen atoms in total. The fraction of sp³-hybridized carbons (Fsp3) is 0.462. The zero-order chi connectivity index (χ0) is 11.5. The molecule has 0 bridgehead atoms. The van der Waals surface area contributed by atoms with Gasteiger partial charge in [0.25, 0.3) is 0 Å². The van der Waals surface area contributed by atoms with Crippen LogP contribution in [0.5, 0.6) is 0 Å². The van der Waals surface area contributed by atoms with Gasteiger partial charge in [0.1, 0.15) is 5.82 Å². The standard InChI is InChI=1S/C13H15FO2/c14-10-5-3-4-9(8-10)11-6-1-2-7-12(11)13(15)16/h3-5,8,11-12H,1-2,6-7H2,(H,15,16). The lowest BCUT2D eigenvalue weighted by Gasteiger charge is -2.28. The van der Waals surface area contributed by atoms with E-state index in [1.165, 1.54) is 12.1 Å². The quantitative estimate of drug-likeness (QED) is 0.834. The number of hydrogen-bond donors (Lipinski definition) is 1. The minimum atomic E-state index is -0.756. The molecule has 0 radical (unpaired) electrons. The molecule has 0 amide bonds. The molecule has 1 aromatic carbocycles. The average Bonchev–Trinajstić information content (AvgIpc) is 2.29. The van der Waals surface area contributed by atoms with E-state index in [0.29, 0.717) is 6.42 Å². The van der Waals surface area contributed by atoms with E-state index >= 15 is 0 Å². The molecule has 1 N–H and O–H groups in total. The highest BCUT2D eigenvalue weighted by atomic mass is 19.1. The summed E-state index contributed by atoms with van der Waals surface area (Å²) < 4.78 is 13.1. The van der Waals surface area contributed by atoms with Gasteiger partial charge in [-0.25, -0.2) is 4.39 Å². The topological polar surface area (TPSA) is 37.3 Å². The third kappa shape index (κ3) is 2.23. The first-order valence-electron chi connectivity index (χ1n) is 5.67. The summed E-state index contributed by atoms with van der Waals surface area (Å²) in [4.78, 5) is 11.1. The van der Waals surface area contributed by atoms with Crippen LogP contribution in [0.25, 0.3) is 0 Å². The molecule has 1 fully saturated rings. The number of halogens is 1. The summed E-state index contributed by atoms with van der Waals surface area (Å²) in [5.41, 5.74) is 0.826. The highest BCUT2D eigenvalue weighted by molar-refractivity contribution is 5.71. The molecule has 1 aliphatic rings. The molecule has 1 aromatic rings. The molecule has 0 saturated heterocycles. The SMILES string of the molecule is O=C(O)C1CCCCC1c1cccc(F)c1. The monoisotopic (exact) mass is 222 g/mol. The molecular formula is C13H15FO2. The summed E-state index contributed by atoms with van der Waals surface area (Å²) in [6.45, 7) is 0. The number of hydrogen-bond acceptors (Lipinski definition) is 1. The molecule has 0 aromatic heterocycles. The van der Waals surface area contributed by atoms with Gasteiger partial charge in [-0.1, -0.05) is 25.0 Å². The molecule has 86 valence electrons.